The van der Waals surface area contributed by atoms with Crippen LogP contribution in [0.25, 0.3) is 0 Å². The highest BCUT2D eigenvalue weighted by molar-refractivity contribution is 9.10. The van der Waals surface area contributed by atoms with Crippen LogP contribution in [0.2, 0.25) is 0 Å². The summed E-state index contributed by atoms with van der Waals surface area (Å²) in [6, 6.07) is 14.5. The van der Waals surface area contributed by atoms with Gasteiger partial charge in [0.25, 0.3) is 0 Å². The van der Waals surface area contributed by atoms with E-state index in [2.05, 4.69) is 50.4 Å². The number of benzene rings is 2. The first-order valence-corrected chi connectivity index (χ1v) is 11.0. The molecule has 2 aromatic carbocycles. The quantitative estimate of drug-likeness (QED) is 0.681. The largest absolute Gasteiger partial charge is 0.497 e. The lowest BCUT2D eigenvalue weighted by atomic mass is 9.90. The van der Waals surface area contributed by atoms with Gasteiger partial charge >= 0.3 is 0 Å². The highest BCUT2D eigenvalue weighted by atomic mass is 79.9. The molecule has 1 fully saturated rings. The van der Waals surface area contributed by atoms with Crippen molar-refractivity contribution in [3.05, 3.63) is 52.5 Å². The van der Waals surface area contributed by atoms with Gasteiger partial charge < -0.3 is 19.7 Å². The predicted octanol–water partition coefficient (Wildman–Crippen LogP) is 4.98. The number of para-hydroxylation sites is 2. The van der Waals surface area contributed by atoms with Crippen LogP contribution in [0.1, 0.15) is 24.8 Å². The number of methoxy groups -OCH3 is 1. The maximum Gasteiger partial charge on any atom is 0.142 e. The fraction of sp³-hybridized carbons (Fsp3) is 0.478. The lowest BCUT2D eigenvalue weighted by Crippen LogP contribution is -2.39. The monoisotopic (exact) mass is 444 g/mol. The molecule has 0 amide bonds. The van der Waals surface area contributed by atoms with Crippen molar-refractivity contribution in [1.82, 2.24) is 4.90 Å². The van der Waals surface area contributed by atoms with E-state index in [-0.39, 0.29) is 6.10 Å². The molecule has 28 heavy (non-hydrogen) atoms. The van der Waals surface area contributed by atoms with Crippen molar-refractivity contribution in [1.29, 1.82) is 0 Å². The van der Waals surface area contributed by atoms with Crippen molar-refractivity contribution in [2.24, 2.45) is 5.92 Å². The van der Waals surface area contributed by atoms with Crippen molar-refractivity contribution in [3.8, 4) is 11.5 Å². The van der Waals surface area contributed by atoms with Crippen LogP contribution in [-0.4, -0.2) is 44.3 Å². The smallest absolute Gasteiger partial charge is 0.142 e. The Balaban J connectivity index is 1.22. The summed E-state index contributed by atoms with van der Waals surface area (Å²) in [5.74, 6) is 2.68. The Kier molecular flexibility index (Phi) is 6.43. The summed E-state index contributed by atoms with van der Waals surface area (Å²) >= 11 is 3.69. The van der Waals surface area contributed by atoms with Crippen LogP contribution in [-0.2, 0) is 6.42 Å². The molecule has 0 bridgehead atoms. The Labute approximate surface area is 176 Å². The normalized spacial score (nSPS) is 20.1. The summed E-state index contributed by atoms with van der Waals surface area (Å²) in [6.45, 7) is 4.38. The highest BCUT2D eigenvalue weighted by Crippen LogP contribution is 2.30. The van der Waals surface area contributed by atoms with Gasteiger partial charge in [0.05, 0.1) is 19.3 Å². The zero-order valence-electron chi connectivity index (χ0n) is 16.5. The van der Waals surface area contributed by atoms with Gasteiger partial charge in [0.2, 0.25) is 0 Å². The number of hydrogen-bond acceptors (Lipinski definition) is 4. The van der Waals surface area contributed by atoms with E-state index in [0.717, 1.165) is 49.0 Å². The zero-order chi connectivity index (χ0) is 19.3. The number of nitrogens with one attached hydrogen (secondary N) is 1. The van der Waals surface area contributed by atoms with Gasteiger partial charge in [0.15, 0.2) is 0 Å². The molecule has 1 saturated heterocycles. The molecule has 0 spiro atoms. The molecular formula is C23H29BrN2O2. The number of fused-ring (bicyclic) bond motifs is 1. The van der Waals surface area contributed by atoms with Crippen LogP contribution >= 0.6 is 15.9 Å². The predicted molar refractivity (Wildman–Crippen MR) is 118 cm³/mol. The average molecular weight is 445 g/mol. The van der Waals surface area contributed by atoms with Gasteiger partial charge in [-0.25, -0.2) is 0 Å². The number of piperidine rings is 1. The molecule has 0 aliphatic carbocycles. The molecule has 2 heterocycles. The van der Waals surface area contributed by atoms with E-state index in [4.69, 9.17) is 9.47 Å². The Hall–Kier alpha value is -1.72. The van der Waals surface area contributed by atoms with Crippen LogP contribution in [0.3, 0.4) is 0 Å². The minimum atomic E-state index is 0.264. The second kappa shape index (κ2) is 9.19. The molecule has 0 aromatic heterocycles. The molecule has 2 aliphatic rings. The fourth-order valence-corrected chi connectivity index (χ4v) is 4.62. The second-order valence-electron chi connectivity index (χ2n) is 7.85. The molecule has 5 heteroatoms. The molecule has 1 unspecified atom stereocenters. The van der Waals surface area contributed by atoms with Crippen LogP contribution in [0.5, 0.6) is 11.5 Å². The minimum Gasteiger partial charge on any atom is -0.497 e. The number of halogens is 1. The molecule has 4 nitrogen and oxygen atoms in total. The van der Waals surface area contributed by atoms with Crippen molar-refractivity contribution in [2.75, 3.05) is 38.6 Å². The van der Waals surface area contributed by atoms with E-state index < -0.39 is 0 Å². The third-order valence-electron chi connectivity index (χ3n) is 5.94. The highest BCUT2D eigenvalue weighted by Gasteiger charge is 2.23. The van der Waals surface area contributed by atoms with Gasteiger partial charge in [-0.3, -0.25) is 0 Å². The summed E-state index contributed by atoms with van der Waals surface area (Å²) in [7, 11) is 1.73. The topological polar surface area (TPSA) is 33.7 Å². The molecular weight excluding hydrogens is 416 g/mol. The molecule has 4 rings (SSSR count). The number of likely N-dealkylation sites (tertiary alicyclic amines) is 1. The van der Waals surface area contributed by atoms with Gasteiger partial charge in [-0.2, -0.15) is 0 Å². The minimum absolute atomic E-state index is 0.264. The van der Waals surface area contributed by atoms with Gasteiger partial charge in [0, 0.05) is 11.0 Å². The SMILES string of the molecule is COc1ccc(Br)c(CC2CCN(CCC3CNc4ccccc4O3)CC2)c1. The number of ether oxygens (including phenoxy) is 2. The summed E-state index contributed by atoms with van der Waals surface area (Å²) in [5, 5.41) is 3.49. The van der Waals surface area contributed by atoms with E-state index >= 15 is 0 Å². The van der Waals surface area contributed by atoms with Gasteiger partial charge in [0.1, 0.15) is 17.6 Å². The number of hydrogen-bond donors (Lipinski definition) is 1. The van der Waals surface area contributed by atoms with Crippen LogP contribution in [0, 0.1) is 5.92 Å². The first-order valence-electron chi connectivity index (χ1n) is 10.3. The van der Waals surface area contributed by atoms with Crippen LogP contribution in [0.15, 0.2) is 46.9 Å². The van der Waals surface area contributed by atoms with Crippen molar-refractivity contribution in [2.45, 2.75) is 31.8 Å². The van der Waals surface area contributed by atoms with Crippen molar-refractivity contribution >= 4 is 21.6 Å². The average Bonchev–Trinajstić information content (AvgIpc) is 2.74. The summed E-state index contributed by atoms with van der Waals surface area (Å²) < 4.78 is 12.7. The Bertz CT molecular complexity index is 790. The number of anilines is 1. The lowest BCUT2D eigenvalue weighted by Gasteiger charge is -2.34. The van der Waals surface area contributed by atoms with Crippen molar-refractivity contribution < 1.29 is 9.47 Å². The summed E-state index contributed by atoms with van der Waals surface area (Å²) in [5.41, 5.74) is 2.47. The molecule has 0 saturated carbocycles. The molecule has 150 valence electrons. The maximum absolute atomic E-state index is 6.15. The molecule has 0 radical (unpaired) electrons. The Morgan fingerprint density at radius 3 is 2.82 bits per heavy atom. The van der Waals surface area contributed by atoms with E-state index in [1.165, 1.54) is 36.0 Å². The third-order valence-corrected chi connectivity index (χ3v) is 6.71. The van der Waals surface area contributed by atoms with Gasteiger partial charge in [-0.1, -0.05) is 28.1 Å². The number of rotatable bonds is 6. The van der Waals surface area contributed by atoms with Crippen LogP contribution < -0.4 is 14.8 Å². The zero-order valence-corrected chi connectivity index (χ0v) is 18.1. The van der Waals surface area contributed by atoms with E-state index in [1.807, 2.05) is 18.2 Å². The molecule has 2 aliphatic heterocycles. The van der Waals surface area contributed by atoms with Gasteiger partial charge in [-0.15, -0.1) is 0 Å². The third kappa shape index (κ3) is 4.81. The maximum atomic E-state index is 6.15. The Morgan fingerprint density at radius 1 is 1.18 bits per heavy atom. The van der Waals surface area contributed by atoms with E-state index in [1.54, 1.807) is 7.11 Å². The summed E-state index contributed by atoms with van der Waals surface area (Å²) in [4.78, 5) is 2.60. The van der Waals surface area contributed by atoms with Crippen molar-refractivity contribution in [3.63, 3.8) is 0 Å². The van der Waals surface area contributed by atoms with E-state index in [9.17, 15) is 0 Å². The molecule has 1 N–H and O–H groups in total. The fourth-order valence-electron chi connectivity index (χ4n) is 4.21. The van der Waals surface area contributed by atoms with Gasteiger partial charge in [-0.05, 0) is 80.6 Å². The van der Waals surface area contributed by atoms with E-state index in [0.29, 0.717) is 0 Å². The molecule has 2 aromatic rings. The first kappa shape index (κ1) is 19.6. The molecule has 1 atom stereocenters. The second-order valence-corrected chi connectivity index (χ2v) is 8.71. The Morgan fingerprint density at radius 2 is 2.00 bits per heavy atom. The summed E-state index contributed by atoms with van der Waals surface area (Å²) in [6.07, 6.45) is 4.98. The van der Waals surface area contributed by atoms with Crippen LogP contribution in [0.4, 0.5) is 5.69 Å². The first-order chi connectivity index (χ1) is 13.7. The number of nitrogens with zero attached hydrogens (tertiary/aromatic N) is 1. The lowest BCUT2D eigenvalue weighted by molar-refractivity contribution is 0.139. The standard InChI is InChI=1S/C23H29BrN2O2/c1-27-19-6-7-21(24)18(15-19)14-17-8-11-26(12-9-17)13-10-20-16-25-22-4-2-3-5-23(22)28-20/h2-7,15,17,20,25H,8-14,16H2,1H3.